The minimum Gasteiger partial charge on any atom is -0.418 e. The minimum absolute atomic E-state index is 0.00818. The van der Waals surface area contributed by atoms with Crippen LogP contribution in [0.4, 0.5) is 11.4 Å². The standard InChI is InChI=1S/C39H47ClN8O3Si/c1-8-27-20-33-34(44-36(27)49)19-26(23-42-33)24-47-15-17-48(18-16-47)31-13-10-28(11-14-31)37-45-46-38(50-37)35(25(2)51-52(6,7)39(3,4)5)43-30-12-9-29(22-41)32(40)21-30/h9-14,19-21,23,25,35,43H,8,15-18,24H2,1-7H3,(H,44,49). The van der Waals surface area contributed by atoms with Gasteiger partial charge in [-0.2, -0.15) is 5.26 Å². The summed E-state index contributed by atoms with van der Waals surface area (Å²) in [5, 5.41) is 22.1. The first-order valence-corrected chi connectivity index (χ1v) is 21.1. The first-order valence-electron chi connectivity index (χ1n) is 17.8. The number of anilines is 2. The molecule has 0 aliphatic carbocycles. The number of benzene rings is 2. The maximum absolute atomic E-state index is 12.3. The third-order valence-electron chi connectivity index (χ3n) is 10.3. The molecule has 11 nitrogen and oxygen atoms in total. The molecule has 1 aliphatic rings. The molecule has 2 N–H and O–H groups in total. The van der Waals surface area contributed by atoms with Gasteiger partial charge in [0.2, 0.25) is 11.8 Å². The number of nitrogens with one attached hydrogen (secondary N) is 2. The van der Waals surface area contributed by atoms with Crippen molar-refractivity contribution >= 4 is 42.3 Å². The third kappa shape index (κ3) is 8.23. The molecule has 5 aromatic rings. The quantitative estimate of drug-likeness (QED) is 0.129. The summed E-state index contributed by atoms with van der Waals surface area (Å²) in [5.74, 6) is 0.826. The molecule has 4 heterocycles. The molecule has 0 spiro atoms. The van der Waals surface area contributed by atoms with Gasteiger partial charge in [-0.25, -0.2) is 0 Å². The van der Waals surface area contributed by atoms with Crippen molar-refractivity contribution in [2.45, 2.75) is 77.9 Å². The summed E-state index contributed by atoms with van der Waals surface area (Å²) >= 11 is 6.37. The van der Waals surface area contributed by atoms with Gasteiger partial charge < -0.3 is 24.0 Å². The van der Waals surface area contributed by atoms with E-state index in [1.807, 2.05) is 50.4 Å². The number of pyridine rings is 2. The third-order valence-corrected chi connectivity index (χ3v) is 15.2. The number of aryl methyl sites for hydroxylation is 1. The minimum atomic E-state index is -2.15. The van der Waals surface area contributed by atoms with Crippen molar-refractivity contribution in [3.8, 4) is 17.5 Å². The molecule has 0 saturated carbocycles. The maximum Gasteiger partial charge on any atom is 0.251 e. The highest BCUT2D eigenvalue weighted by atomic mass is 35.5. The Bertz CT molecular complexity index is 2130. The molecule has 2 atom stereocenters. The molecule has 2 unspecified atom stereocenters. The van der Waals surface area contributed by atoms with Gasteiger partial charge in [0.1, 0.15) is 12.1 Å². The molecule has 52 heavy (non-hydrogen) atoms. The maximum atomic E-state index is 12.3. The normalized spacial score (nSPS) is 15.4. The lowest BCUT2D eigenvalue weighted by Crippen LogP contribution is -2.45. The topological polar surface area (TPSA) is 136 Å². The molecular weight excluding hydrogens is 692 g/mol. The second-order valence-electron chi connectivity index (χ2n) is 15.0. The Morgan fingerprint density at radius 3 is 2.46 bits per heavy atom. The number of piperazine rings is 1. The highest BCUT2D eigenvalue weighted by Crippen LogP contribution is 2.39. The number of aromatic nitrogens is 4. The number of nitriles is 1. The van der Waals surface area contributed by atoms with Crippen LogP contribution in [0.25, 0.3) is 22.5 Å². The zero-order valence-electron chi connectivity index (χ0n) is 31.0. The van der Waals surface area contributed by atoms with Crippen LogP contribution in [0.15, 0.2) is 70.0 Å². The van der Waals surface area contributed by atoms with Crippen LogP contribution in [0.1, 0.15) is 63.2 Å². The summed E-state index contributed by atoms with van der Waals surface area (Å²) in [6, 6.07) is 19.0. The molecule has 1 saturated heterocycles. The predicted octanol–water partition coefficient (Wildman–Crippen LogP) is 7.95. The van der Waals surface area contributed by atoms with E-state index in [0.29, 0.717) is 28.8 Å². The zero-order chi connectivity index (χ0) is 37.2. The average Bonchev–Trinajstić information content (AvgIpc) is 3.60. The van der Waals surface area contributed by atoms with E-state index >= 15 is 0 Å². The van der Waals surface area contributed by atoms with Gasteiger partial charge in [0.05, 0.1) is 27.7 Å². The molecule has 6 rings (SSSR count). The number of hydrogen-bond donors (Lipinski definition) is 2. The predicted molar refractivity (Wildman–Crippen MR) is 209 cm³/mol. The van der Waals surface area contributed by atoms with E-state index in [1.54, 1.807) is 12.1 Å². The molecule has 1 aliphatic heterocycles. The smallest absolute Gasteiger partial charge is 0.251 e. The molecule has 0 radical (unpaired) electrons. The monoisotopic (exact) mass is 738 g/mol. The van der Waals surface area contributed by atoms with Crippen LogP contribution in [0.3, 0.4) is 0 Å². The lowest BCUT2D eigenvalue weighted by atomic mass is 10.1. The van der Waals surface area contributed by atoms with Gasteiger partial charge in [0, 0.05) is 61.4 Å². The second-order valence-corrected chi connectivity index (χ2v) is 20.2. The molecular formula is C39H47ClN8O3Si. The molecule has 272 valence electrons. The van der Waals surface area contributed by atoms with E-state index in [9.17, 15) is 10.1 Å². The SMILES string of the molecule is CCc1cc2ncc(CN3CCN(c4ccc(-c5nnc(C(Nc6ccc(C#N)c(Cl)c6)C(C)O[Si](C)(C)C(C)(C)C)o5)cc4)CC3)cc2[nH]c1=O. The van der Waals surface area contributed by atoms with E-state index in [0.717, 1.165) is 71.8 Å². The molecule has 2 aromatic carbocycles. The Morgan fingerprint density at radius 1 is 1.08 bits per heavy atom. The molecule has 3 aromatic heterocycles. The van der Waals surface area contributed by atoms with Crippen LogP contribution in [-0.4, -0.2) is 65.7 Å². The van der Waals surface area contributed by atoms with Gasteiger partial charge in [-0.15, -0.1) is 10.2 Å². The number of fused-ring (bicyclic) bond motifs is 1. The summed E-state index contributed by atoms with van der Waals surface area (Å²) in [7, 11) is -2.15. The van der Waals surface area contributed by atoms with Crippen LogP contribution < -0.4 is 15.8 Å². The van der Waals surface area contributed by atoms with Crippen molar-refractivity contribution in [2.75, 3.05) is 36.4 Å². The van der Waals surface area contributed by atoms with Crippen molar-refractivity contribution in [2.24, 2.45) is 0 Å². The van der Waals surface area contributed by atoms with Gasteiger partial charge in [0.15, 0.2) is 8.32 Å². The van der Waals surface area contributed by atoms with Crippen molar-refractivity contribution in [3.63, 3.8) is 0 Å². The van der Waals surface area contributed by atoms with Gasteiger partial charge in [0.25, 0.3) is 5.56 Å². The van der Waals surface area contributed by atoms with E-state index in [2.05, 4.69) is 87.3 Å². The number of hydrogen-bond acceptors (Lipinski definition) is 10. The van der Waals surface area contributed by atoms with Crippen LogP contribution in [0.5, 0.6) is 0 Å². The van der Waals surface area contributed by atoms with Gasteiger partial charge in [-0.1, -0.05) is 39.3 Å². The lowest BCUT2D eigenvalue weighted by Gasteiger charge is -2.40. The highest BCUT2D eigenvalue weighted by molar-refractivity contribution is 6.74. The van der Waals surface area contributed by atoms with E-state index < -0.39 is 14.4 Å². The summed E-state index contributed by atoms with van der Waals surface area (Å²) in [6.07, 6.45) is 2.29. The van der Waals surface area contributed by atoms with Crippen LogP contribution in [0.2, 0.25) is 23.2 Å². The van der Waals surface area contributed by atoms with E-state index in [4.69, 9.17) is 20.4 Å². The number of rotatable bonds is 11. The summed E-state index contributed by atoms with van der Waals surface area (Å²) in [5.41, 5.74) is 6.49. The fraction of sp³-hybridized carbons (Fsp3) is 0.410. The Balaban J connectivity index is 1.12. The van der Waals surface area contributed by atoms with E-state index in [1.165, 1.54) is 0 Å². The van der Waals surface area contributed by atoms with Crippen molar-refractivity contribution in [3.05, 3.63) is 98.8 Å². The Morgan fingerprint density at radius 2 is 1.81 bits per heavy atom. The van der Waals surface area contributed by atoms with Crippen LogP contribution in [0, 0.1) is 11.3 Å². The fourth-order valence-electron chi connectivity index (χ4n) is 6.19. The molecule has 0 bridgehead atoms. The van der Waals surface area contributed by atoms with Gasteiger partial charge in [-0.3, -0.25) is 14.7 Å². The van der Waals surface area contributed by atoms with Gasteiger partial charge >= 0.3 is 0 Å². The number of H-pyrrole nitrogens is 1. The van der Waals surface area contributed by atoms with Crippen LogP contribution in [-0.2, 0) is 17.4 Å². The second kappa shape index (κ2) is 15.2. The summed E-state index contributed by atoms with van der Waals surface area (Å²) in [6.45, 7) is 19.4. The zero-order valence-corrected chi connectivity index (χ0v) is 32.7. The number of nitrogens with zero attached hydrogens (tertiary/aromatic N) is 6. The fourth-order valence-corrected chi connectivity index (χ4v) is 7.84. The Labute approximate surface area is 311 Å². The number of halogens is 1. The van der Waals surface area contributed by atoms with Crippen LogP contribution >= 0.6 is 11.6 Å². The van der Waals surface area contributed by atoms with Crippen molar-refractivity contribution < 1.29 is 8.84 Å². The van der Waals surface area contributed by atoms with Crippen molar-refractivity contribution in [1.82, 2.24) is 25.1 Å². The first kappa shape index (κ1) is 37.2. The largest absolute Gasteiger partial charge is 0.418 e. The molecule has 0 amide bonds. The number of aromatic amines is 1. The molecule has 13 heteroatoms. The summed E-state index contributed by atoms with van der Waals surface area (Å²) in [4.78, 5) is 24.7. The molecule has 1 fully saturated rings. The highest BCUT2D eigenvalue weighted by Gasteiger charge is 2.41. The lowest BCUT2D eigenvalue weighted by molar-refractivity contribution is 0.166. The van der Waals surface area contributed by atoms with Gasteiger partial charge in [-0.05, 0) is 91.6 Å². The Hall–Kier alpha value is -4.54. The Kier molecular flexibility index (Phi) is 10.9. The van der Waals surface area contributed by atoms with Crippen molar-refractivity contribution in [1.29, 1.82) is 5.26 Å². The van der Waals surface area contributed by atoms with E-state index in [-0.39, 0.29) is 16.7 Å². The summed E-state index contributed by atoms with van der Waals surface area (Å²) < 4.78 is 13.1. The first-order chi connectivity index (χ1) is 24.7. The average molecular weight is 739 g/mol.